The molecule has 7 heteroatoms. The van der Waals surface area contributed by atoms with Gasteiger partial charge in [0, 0.05) is 53.4 Å². The van der Waals surface area contributed by atoms with E-state index in [0.29, 0.717) is 30.3 Å². The lowest BCUT2D eigenvalue weighted by atomic mass is 9.95. The molecule has 6 nitrogen and oxygen atoms in total. The van der Waals surface area contributed by atoms with Crippen LogP contribution in [0.1, 0.15) is 72.1 Å². The predicted molar refractivity (Wildman–Crippen MR) is 113 cm³/mol. The standard InChI is InChI=1S/C20H38N4O2S/c1-4-21-20(23-17-10-8-11-18(15-17)27(26)5-2)22-13-12-19(25)24-14-7-6-9-16(24)3/h16-18H,4-15H2,1-3H3,(H2,21,22,23). The largest absolute Gasteiger partial charge is 0.357 e. The molecule has 0 bridgehead atoms. The van der Waals surface area contributed by atoms with Gasteiger partial charge in [-0.2, -0.15) is 0 Å². The molecule has 1 aliphatic carbocycles. The summed E-state index contributed by atoms with van der Waals surface area (Å²) < 4.78 is 12.1. The first kappa shape index (κ1) is 22.2. The third kappa shape index (κ3) is 7.09. The number of nitrogens with one attached hydrogen (secondary N) is 2. The summed E-state index contributed by atoms with van der Waals surface area (Å²) in [7, 11) is -0.721. The van der Waals surface area contributed by atoms with Gasteiger partial charge in [0.1, 0.15) is 0 Å². The highest BCUT2D eigenvalue weighted by Crippen LogP contribution is 2.23. The molecule has 0 aromatic heterocycles. The van der Waals surface area contributed by atoms with Crippen LogP contribution in [-0.4, -0.2) is 63.7 Å². The topological polar surface area (TPSA) is 73.8 Å². The van der Waals surface area contributed by atoms with Crippen molar-refractivity contribution in [3.63, 3.8) is 0 Å². The number of aliphatic imine (C=N–C) groups is 1. The molecule has 1 saturated carbocycles. The van der Waals surface area contributed by atoms with E-state index in [9.17, 15) is 9.00 Å². The van der Waals surface area contributed by atoms with Crippen LogP contribution in [0.3, 0.4) is 0 Å². The summed E-state index contributed by atoms with van der Waals surface area (Å²) in [5.74, 6) is 1.74. The summed E-state index contributed by atoms with van der Waals surface area (Å²) in [5, 5.41) is 7.09. The van der Waals surface area contributed by atoms with E-state index >= 15 is 0 Å². The molecule has 1 amide bonds. The lowest BCUT2D eigenvalue weighted by Gasteiger charge is -2.33. The number of amides is 1. The Bertz CT molecular complexity index is 526. The molecule has 2 fully saturated rings. The van der Waals surface area contributed by atoms with E-state index < -0.39 is 10.8 Å². The van der Waals surface area contributed by atoms with Crippen molar-refractivity contribution in [1.29, 1.82) is 0 Å². The number of carbonyl (C=O) groups is 1. The fraction of sp³-hybridized carbons (Fsp3) is 0.900. The lowest BCUT2D eigenvalue weighted by Crippen LogP contribution is -2.47. The molecule has 1 heterocycles. The summed E-state index contributed by atoms with van der Waals surface area (Å²) in [6.45, 7) is 8.38. The Balaban J connectivity index is 1.84. The molecule has 156 valence electrons. The van der Waals surface area contributed by atoms with Gasteiger partial charge in [-0.15, -0.1) is 0 Å². The average Bonchev–Trinajstić information content (AvgIpc) is 2.68. The van der Waals surface area contributed by atoms with Crippen LogP contribution in [-0.2, 0) is 15.6 Å². The maximum Gasteiger partial charge on any atom is 0.224 e. The number of hydrogen-bond acceptors (Lipinski definition) is 3. The number of rotatable bonds is 7. The van der Waals surface area contributed by atoms with E-state index in [1.54, 1.807) is 0 Å². The van der Waals surface area contributed by atoms with Crippen LogP contribution in [0.25, 0.3) is 0 Å². The highest BCUT2D eigenvalue weighted by Gasteiger charge is 2.26. The highest BCUT2D eigenvalue weighted by atomic mass is 32.2. The molecular formula is C20H38N4O2S. The maximum absolute atomic E-state index is 12.5. The van der Waals surface area contributed by atoms with Crippen LogP contribution in [0.2, 0.25) is 0 Å². The van der Waals surface area contributed by atoms with Crippen molar-refractivity contribution in [3.8, 4) is 0 Å². The molecule has 2 rings (SSSR count). The molecule has 0 aromatic carbocycles. The number of nitrogens with zero attached hydrogens (tertiary/aromatic N) is 2. The first-order valence-electron chi connectivity index (χ1n) is 10.8. The van der Waals surface area contributed by atoms with Gasteiger partial charge in [-0.3, -0.25) is 14.0 Å². The van der Waals surface area contributed by atoms with E-state index in [1.807, 2.05) is 18.7 Å². The monoisotopic (exact) mass is 398 g/mol. The summed E-state index contributed by atoms with van der Waals surface area (Å²) >= 11 is 0. The van der Waals surface area contributed by atoms with Crippen LogP contribution in [0, 0.1) is 0 Å². The number of carbonyl (C=O) groups excluding carboxylic acids is 1. The summed E-state index contributed by atoms with van der Waals surface area (Å²) in [4.78, 5) is 19.1. The molecule has 2 N–H and O–H groups in total. The Morgan fingerprint density at radius 3 is 2.70 bits per heavy atom. The van der Waals surface area contributed by atoms with Crippen LogP contribution in [0.4, 0.5) is 0 Å². The minimum atomic E-state index is -0.721. The fourth-order valence-corrected chi connectivity index (χ4v) is 5.49. The summed E-state index contributed by atoms with van der Waals surface area (Å²) in [6.07, 6.45) is 8.12. The normalized spacial score (nSPS) is 27.9. The van der Waals surface area contributed by atoms with Crippen molar-refractivity contribution in [1.82, 2.24) is 15.5 Å². The molecule has 0 spiro atoms. The number of guanidine groups is 1. The Hall–Kier alpha value is -1.11. The Morgan fingerprint density at radius 1 is 1.19 bits per heavy atom. The van der Waals surface area contributed by atoms with Gasteiger partial charge >= 0.3 is 0 Å². The van der Waals surface area contributed by atoms with E-state index in [0.717, 1.165) is 63.3 Å². The molecule has 1 aliphatic heterocycles. The van der Waals surface area contributed by atoms with E-state index in [-0.39, 0.29) is 5.91 Å². The number of piperidine rings is 1. The summed E-state index contributed by atoms with van der Waals surface area (Å²) in [6, 6.07) is 0.676. The zero-order chi connectivity index (χ0) is 19.6. The molecule has 2 aliphatic rings. The molecule has 4 atom stereocenters. The van der Waals surface area contributed by atoms with Crippen molar-refractivity contribution in [2.24, 2.45) is 4.99 Å². The molecule has 1 saturated heterocycles. The zero-order valence-corrected chi connectivity index (χ0v) is 18.2. The maximum atomic E-state index is 12.5. The fourth-order valence-electron chi connectivity index (χ4n) is 4.14. The number of hydrogen-bond donors (Lipinski definition) is 2. The second-order valence-electron chi connectivity index (χ2n) is 7.74. The Kier molecular flexibility index (Phi) is 9.59. The van der Waals surface area contributed by atoms with Crippen molar-refractivity contribution >= 4 is 22.7 Å². The van der Waals surface area contributed by atoms with Gasteiger partial charge < -0.3 is 15.5 Å². The Morgan fingerprint density at radius 2 is 2.00 bits per heavy atom. The zero-order valence-electron chi connectivity index (χ0n) is 17.3. The van der Waals surface area contributed by atoms with Gasteiger partial charge in [0.25, 0.3) is 0 Å². The van der Waals surface area contributed by atoms with Gasteiger partial charge in [-0.25, -0.2) is 0 Å². The first-order valence-corrected chi connectivity index (χ1v) is 12.1. The van der Waals surface area contributed by atoms with Gasteiger partial charge in [-0.1, -0.05) is 13.3 Å². The van der Waals surface area contributed by atoms with Crippen LogP contribution in [0.15, 0.2) is 4.99 Å². The Labute approximate surface area is 167 Å². The first-order chi connectivity index (χ1) is 13.0. The predicted octanol–water partition coefficient (Wildman–Crippen LogP) is 2.41. The molecule has 0 aromatic rings. The van der Waals surface area contributed by atoms with Crippen LogP contribution >= 0.6 is 0 Å². The van der Waals surface area contributed by atoms with Crippen LogP contribution < -0.4 is 10.6 Å². The van der Waals surface area contributed by atoms with E-state index in [2.05, 4.69) is 22.5 Å². The molecular weight excluding hydrogens is 360 g/mol. The van der Waals surface area contributed by atoms with Crippen molar-refractivity contribution < 1.29 is 9.00 Å². The van der Waals surface area contributed by atoms with Crippen LogP contribution in [0.5, 0.6) is 0 Å². The van der Waals surface area contributed by atoms with Gasteiger partial charge in [0.15, 0.2) is 5.96 Å². The average molecular weight is 399 g/mol. The van der Waals surface area contributed by atoms with Gasteiger partial charge in [-0.05, 0) is 52.4 Å². The van der Waals surface area contributed by atoms with E-state index in [1.165, 1.54) is 6.42 Å². The lowest BCUT2D eigenvalue weighted by molar-refractivity contribution is -0.134. The third-order valence-corrected chi connectivity index (χ3v) is 7.43. The van der Waals surface area contributed by atoms with Crippen molar-refractivity contribution in [2.45, 2.75) is 89.5 Å². The van der Waals surface area contributed by atoms with Crippen molar-refractivity contribution in [3.05, 3.63) is 0 Å². The van der Waals surface area contributed by atoms with Gasteiger partial charge in [0.2, 0.25) is 5.91 Å². The number of likely N-dealkylation sites (tertiary alicyclic amines) is 1. The SMILES string of the molecule is CCNC(=NCCC(=O)N1CCCCC1C)NC1CCCC(S(=O)CC)C1. The minimum Gasteiger partial charge on any atom is -0.357 e. The third-order valence-electron chi connectivity index (χ3n) is 5.69. The second-order valence-corrected chi connectivity index (χ2v) is 9.75. The van der Waals surface area contributed by atoms with Gasteiger partial charge in [0.05, 0.1) is 6.54 Å². The van der Waals surface area contributed by atoms with Crippen molar-refractivity contribution in [2.75, 3.05) is 25.4 Å². The quantitative estimate of drug-likeness (QED) is 0.510. The molecule has 0 radical (unpaired) electrons. The molecule has 4 unspecified atom stereocenters. The second kappa shape index (κ2) is 11.7. The summed E-state index contributed by atoms with van der Waals surface area (Å²) in [5.41, 5.74) is 0. The van der Waals surface area contributed by atoms with E-state index in [4.69, 9.17) is 0 Å². The highest BCUT2D eigenvalue weighted by molar-refractivity contribution is 7.85. The smallest absolute Gasteiger partial charge is 0.224 e. The molecule has 27 heavy (non-hydrogen) atoms. The minimum absolute atomic E-state index is 0.220.